The van der Waals surface area contributed by atoms with Crippen molar-refractivity contribution in [3.8, 4) is 0 Å². The van der Waals surface area contributed by atoms with Crippen molar-refractivity contribution < 1.29 is 18.1 Å². The number of anilines is 1. The van der Waals surface area contributed by atoms with Crippen LogP contribution in [0.2, 0.25) is 0 Å². The molecule has 2 aliphatic heterocycles. The van der Waals surface area contributed by atoms with Crippen molar-refractivity contribution in [2.75, 3.05) is 23.7 Å². The van der Waals surface area contributed by atoms with E-state index in [4.69, 9.17) is 17.0 Å². The van der Waals surface area contributed by atoms with Crippen molar-refractivity contribution in [1.82, 2.24) is 5.32 Å². The molecule has 8 heteroatoms. The van der Waals surface area contributed by atoms with Crippen LogP contribution in [-0.4, -0.2) is 40.2 Å². The molecule has 25 heavy (non-hydrogen) atoms. The van der Waals surface area contributed by atoms with Crippen molar-refractivity contribution >= 4 is 39.8 Å². The smallest absolute Gasteiger partial charge is 0.414 e. The quantitative estimate of drug-likeness (QED) is 0.812. The van der Waals surface area contributed by atoms with Gasteiger partial charge in [-0.3, -0.25) is 9.11 Å². The third-order valence-corrected chi connectivity index (χ3v) is 5.48. The molecule has 0 bridgehead atoms. The summed E-state index contributed by atoms with van der Waals surface area (Å²) in [6.07, 6.45) is 1.62. The summed E-state index contributed by atoms with van der Waals surface area (Å²) in [7, 11) is -0.949. The van der Waals surface area contributed by atoms with Crippen molar-refractivity contribution in [2.45, 2.75) is 25.4 Å². The molecule has 3 rings (SSSR count). The SMILES string of the molecule is CC(=S)NC[C@H]1CN(c2ccc(C3C=CS(=O)CC3)c(F)c2)C(=O)O1. The summed E-state index contributed by atoms with van der Waals surface area (Å²) in [5.74, 6) is 0.0816. The highest BCUT2D eigenvalue weighted by Gasteiger charge is 2.32. The van der Waals surface area contributed by atoms with Crippen LogP contribution < -0.4 is 10.2 Å². The first-order chi connectivity index (χ1) is 11.9. The van der Waals surface area contributed by atoms with Crippen LogP contribution in [0.15, 0.2) is 29.7 Å². The highest BCUT2D eigenvalue weighted by Crippen LogP contribution is 2.31. The van der Waals surface area contributed by atoms with Gasteiger partial charge in [0.25, 0.3) is 0 Å². The summed E-state index contributed by atoms with van der Waals surface area (Å²) in [5.41, 5.74) is 1.02. The number of nitrogens with zero attached hydrogens (tertiary/aromatic N) is 1. The van der Waals surface area contributed by atoms with E-state index < -0.39 is 16.9 Å². The Morgan fingerprint density at radius 1 is 1.52 bits per heavy atom. The number of nitrogens with one attached hydrogen (secondary N) is 1. The predicted molar refractivity (Wildman–Crippen MR) is 99.8 cm³/mol. The maximum Gasteiger partial charge on any atom is 0.414 e. The number of cyclic esters (lactones) is 1. The van der Waals surface area contributed by atoms with Gasteiger partial charge in [0.15, 0.2) is 0 Å². The lowest BCUT2D eigenvalue weighted by atomic mass is 9.95. The second kappa shape index (κ2) is 7.61. The number of rotatable bonds is 4. The van der Waals surface area contributed by atoms with Crippen molar-refractivity contribution in [2.24, 2.45) is 0 Å². The van der Waals surface area contributed by atoms with Gasteiger partial charge in [0, 0.05) is 22.5 Å². The number of hydrogen-bond acceptors (Lipinski definition) is 4. The Hall–Kier alpha value is -1.80. The molecule has 0 aliphatic carbocycles. The minimum Gasteiger partial charge on any atom is -0.442 e. The topological polar surface area (TPSA) is 58.6 Å². The third-order valence-electron chi connectivity index (χ3n) is 4.24. The number of hydrogen-bond donors (Lipinski definition) is 1. The Balaban J connectivity index is 1.72. The summed E-state index contributed by atoms with van der Waals surface area (Å²) in [6.45, 7) is 2.53. The molecule has 0 radical (unpaired) electrons. The highest BCUT2D eigenvalue weighted by atomic mass is 32.2. The van der Waals surface area contributed by atoms with Gasteiger partial charge >= 0.3 is 6.09 Å². The number of amides is 1. The van der Waals surface area contributed by atoms with Gasteiger partial charge < -0.3 is 10.1 Å². The molecule has 2 unspecified atom stereocenters. The molecule has 3 atom stereocenters. The Bertz CT molecular complexity index is 753. The van der Waals surface area contributed by atoms with Gasteiger partial charge in [-0.15, -0.1) is 0 Å². The van der Waals surface area contributed by atoms with Crippen molar-refractivity contribution in [3.63, 3.8) is 0 Å². The van der Waals surface area contributed by atoms with Gasteiger partial charge in [-0.05, 0) is 36.4 Å². The van der Waals surface area contributed by atoms with E-state index in [1.165, 1.54) is 11.0 Å². The fourth-order valence-electron chi connectivity index (χ4n) is 2.93. The first-order valence-electron chi connectivity index (χ1n) is 8.01. The molecule has 0 spiro atoms. The third kappa shape index (κ3) is 4.24. The molecular formula is C17H19FN2O3S2. The molecule has 2 heterocycles. The fourth-order valence-corrected chi connectivity index (χ4v) is 4.00. The van der Waals surface area contributed by atoms with Crippen LogP contribution in [0.5, 0.6) is 0 Å². The average molecular weight is 382 g/mol. The van der Waals surface area contributed by atoms with Gasteiger partial charge in [0.2, 0.25) is 0 Å². The molecule has 1 aromatic carbocycles. The summed E-state index contributed by atoms with van der Waals surface area (Å²) < 4.78 is 31.2. The molecule has 2 aliphatic rings. The van der Waals surface area contributed by atoms with E-state index >= 15 is 0 Å². The van der Waals surface area contributed by atoms with Gasteiger partial charge in [0.1, 0.15) is 11.9 Å². The maximum absolute atomic E-state index is 14.5. The molecule has 0 aromatic heterocycles. The van der Waals surface area contributed by atoms with E-state index in [0.717, 1.165) is 0 Å². The fraction of sp³-hybridized carbons (Fsp3) is 0.412. The van der Waals surface area contributed by atoms with Crippen LogP contribution in [0, 0.1) is 5.82 Å². The van der Waals surface area contributed by atoms with Gasteiger partial charge in [-0.2, -0.15) is 0 Å². The molecular weight excluding hydrogens is 363 g/mol. The lowest BCUT2D eigenvalue weighted by Gasteiger charge is -2.19. The van der Waals surface area contributed by atoms with Crippen LogP contribution in [0.1, 0.15) is 24.8 Å². The minimum absolute atomic E-state index is 0.0835. The highest BCUT2D eigenvalue weighted by molar-refractivity contribution is 7.88. The standard InChI is InChI=1S/C17H19FN2O3S2/c1-11(24)19-9-14-10-20(17(21)23-14)13-2-3-15(16(18)8-13)12-4-6-25(22)7-5-12/h2-4,6,8,12,14H,5,7,9-10H2,1H3,(H,19,24)/t12?,14-,25?/m0/s1. The largest absolute Gasteiger partial charge is 0.442 e. The van der Waals surface area contributed by atoms with Gasteiger partial charge in [-0.1, -0.05) is 24.4 Å². The van der Waals surface area contributed by atoms with Crippen molar-refractivity contribution in [1.29, 1.82) is 0 Å². The lowest BCUT2D eigenvalue weighted by molar-refractivity contribution is 0.143. The van der Waals surface area contributed by atoms with Gasteiger partial charge in [-0.25, -0.2) is 9.18 Å². The number of carbonyl (C=O) groups excluding carboxylic acids is 1. The zero-order valence-corrected chi connectivity index (χ0v) is 15.4. The van der Waals surface area contributed by atoms with E-state index in [2.05, 4.69) is 5.32 Å². The van der Waals surface area contributed by atoms with E-state index in [1.54, 1.807) is 30.5 Å². The molecule has 1 aromatic rings. The molecule has 5 nitrogen and oxygen atoms in total. The molecule has 134 valence electrons. The number of thiocarbonyl (C=S) groups is 1. The van der Waals surface area contributed by atoms with Crippen LogP contribution in [0.4, 0.5) is 14.9 Å². The molecule has 0 saturated carbocycles. The zero-order chi connectivity index (χ0) is 18.0. The Kier molecular flexibility index (Phi) is 5.48. The van der Waals surface area contributed by atoms with Crippen LogP contribution in [-0.2, 0) is 15.5 Å². The average Bonchev–Trinajstić information content (AvgIpc) is 2.95. The lowest BCUT2D eigenvalue weighted by Crippen LogP contribution is -2.32. The van der Waals surface area contributed by atoms with E-state index in [9.17, 15) is 13.4 Å². The molecule has 1 saturated heterocycles. The number of allylic oxidation sites excluding steroid dienone is 1. The monoisotopic (exact) mass is 382 g/mol. The normalized spacial score (nSPS) is 25.8. The van der Waals surface area contributed by atoms with E-state index in [0.29, 0.717) is 41.5 Å². The van der Waals surface area contributed by atoms with Crippen molar-refractivity contribution in [3.05, 3.63) is 41.1 Å². The number of carbonyl (C=O) groups is 1. The summed E-state index contributed by atoms with van der Waals surface area (Å²) in [4.78, 5) is 14.1. The molecule has 1 amide bonds. The van der Waals surface area contributed by atoms with E-state index in [-0.39, 0.29) is 17.8 Å². The Labute approximate surface area is 153 Å². The summed E-state index contributed by atoms with van der Waals surface area (Å²) >= 11 is 4.94. The first-order valence-corrected chi connectivity index (χ1v) is 9.80. The number of benzene rings is 1. The maximum atomic E-state index is 14.5. The molecule has 1 N–H and O–H groups in total. The second-order valence-corrected chi connectivity index (χ2v) is 8.12. The van der Waals surface area contributed by atoms with Crippen LogP contribution in [0.25, 0.3) is 0 Å². The van der Waals surface area contributed by atoms with Gasteiger partial charge in [0.05, 0.1) is 23.8 Å². The zero-order valence-electron chi connectivity index (χ0n) is 13.7. The summed E-state index contributed by atoms with van der Waals surface area (Å²) in [5, 5.41) is 4.59. The Morgan fingerprint density at radius 2 is 2.32 bits per heavy atom. The number of halogens is 1. The number of ether oxygens (including phenoxy) is 1. The minimum atomic E-state index is -0.949. The molecule has 1 fully saturated rings. The van der Waals surface area contributed by atoms with Crippen LogP contribution in [0.3, 0.4) is 0 Å². The van der Waals surface area contributed by atoms with Crippen LogP contribution >= 0.6 is 12.2 Å². The Morgan fingerprint density at radius 3 is 2.96 bits per heavy atom. The summed E-state index contributed by atoms with van der Waals surface area (Å²) in [6, 6.07) is 4.77. The van der Waals surface area contributed by atoms with E-state index in [1.807, 2.05) is 0 Å². The predicted octanol–water partition coefficient (Wildman–Crippen LogP) is 2.84. The first kappa shape index (κ1) is 18.0. The second-order valence-electron chi connectivity index (χ2n) is 6.07.